The average Bonchev–Trinajstić information content (AvgIpc) is 2.66. The summed E-state index contributed by atoms with van der Waals surface area (Å²) in [6.07, 6.45) is 0. The summed E-state index contributed by atoms with van der Waals surface area (Å²) < 4.78 is 16.3. The van der Waals surface area contributed by atoms with Gasteiger partial charge in [0.2, 0.25) is 5.75 Å². The van der Waals surface area contributed by atoms with E-state index in [0.29, 0.717) is 41.0 Å². The van der Waals surface area contributed by atoms with Gasteiger partial charge in [0, 0.05) is 18.8 Å². The van der Waals surface area contributed by atoms with Gasteiger partial charge in [-0.1, -0.05) is 0 Å². The third-order valence-electron chi connectivity index (χ3n) is 4.57. The Morgan fingerprint density at radius 1 is 1.11 bits per heavy atom. The first kappa shape index (κ1) is 20.8. The summed E-state index contributed by atoms with van der Waals surface area (Å²) in [5.74, 6) is 1.49. The summed E-state index contributed by atoms with van der Waals surface area (Å²) in [6, 6.07) is 3.23. The molecular weight excluding hydrogens is 366 g/mol. The monoisotopic (exact) mass is 393 g/mol. The van der Waals surface area contributed by atoms with E-state index in [2.05, 4.69) is 10.6 Å². The van der Waals surface area contributed by atoms with E-state index >= 15 is 0 Å². The second-order valence-corrected chi connectivity index (χ2v) is 6.41. The summed E-state index contributed by atoms with van der Waals surface area (Å²) >= 11 is 5.32. The molecule has 148 valence electrons. The highest BCUT2D eigenvalue weighted by Crippen LogP contribution is 2.41. The molecule has 0 unspecified atom stereocenters. The second-order valence-electron chi connectivity index (χ2n) is 6.01. The SMILES string of the molecule is CCN(CC)C(=O)C1=C(C)NC(=S)N[C@@H]1c1cc(OC)c(OC)c(OC)c1. The summed E-state index contributed by atoms with van der Waals surface area (Å²) in [6.45, 7) is 7.02. The van der Waals surface area contributed by atoms with Crippen LogP contribution in [0.1, 0.15) is 32.4 Å². The quantitative estimate of drug-likeness (QED) is 0.689. The Morgan fingerprint density at radius 2 is 1.67 bits per heavy atom. The van der Waals surface area contributed by atoms with Gasteiger partial charge in [0.1, 0.15) is 0 Å². The molecule has 1 aromatic carbocycles. The number of allylic oxidation sites excluding steroid dienone is 1. The van der Waals surface area contributed by atoms with Gasteiger partial charge in [-0.3, -0.25) is 4.79 Å². The number of hydrogen-bond donors (Lipinski definition) is 2. The zero-order valence-corrected chi connectivity index (χ0v) is 17.5. The minimum atomic E-state index is -0.430. The number of nitrogens with one attached hydrogen (secondary N) is 2. The van der Waals surface area contributed by atoms with Crippen LogP contribution in [0.25, 0.3) is 0 Å². The van der Waals surface area contributed by atoms with E-state index < -0.39 is 6.04 Å². The summed E-state index contributed by atoms with van der Waals surface area (Å²) in [5, 5.41) is 6.72. The minimum Gasteiger partial charge on any atom is -0.493 e. The van der Waals surface area contributed by atoms with Gasteiger partial charge in [-0.25, -0.2) is 0 Å². The predicted molar refractivity (Wildman–Crippen MR) is 108 cm³/mol. The van der Waals surface area contributed by atoms with Gasteiger partial charge in [-0.15, -0.1) is 0 Å². The van der Waals surface area contributed by atoms with Crippen LogP contribution in [0.15, 0.2) is 23.4 Å². The predicted octanol–water partition coefficient (Wildman–Crippen LogP) is 2.37. The molecule has 0 aromatic heterocycles. The number of rotatable bonds is 7. The Labute approximate surface area is 165 Å². The number of likely N-dealkylation sites (N-methyl/N-ethyl adjacent to an activating group) is 1. The first-order chi connectivity index (χ1) is 12.9. The van der Waals surface area contributed by atoms with Crippen LogP contribution in [-0.2, 0) is 4.79 Å². The smallest absolute Gasteiger partial charge is 0.253 e. The topological polar surface area (TPSA) is 72.1 Å². The lowest BCUT2D eigenvalue weighted by Gasteiger charge is -2.33. The lowest BCUT2D eigenvalue weighted by atomic mass is 9.94. The molecule has 1 aromatic rings. The van der Waals surface area contributed by atoms with Crippen molar-refractivity contribution >= 4 is 23.2 Å². The van der Waals surface area contributed by atoms with Crippen LogP contribution in [-0.4, -0.2) is 50.3 Å². The highest BCUT2D eigenvalue weighted by molar-refractivity contribution is 7.80. The van der Waals surface area contributed by atoms with E-state index in [9.17, 15) is 4.79 Å². The number of hydrogen-bond acceptors (Lipinski definition) is 5. The highest BCUT2D eigenvalue weighted by Gasteiger charge is 2.33. The molecule has 2 N–H and O–H groups in total. The molecule has 0 saturated heterocycles. The van der Waals surface area contributed by atoms with Crippen LogP contribution in [0.4, 0.5) is 0 Å². The number of methoxy groups -OCH3 is 3. The molecule has 0 radical (unpaired) electrons. The van der Waals surface area contributed by atoms with Crippen molar-refractivity contribution in [2.75, 3.05) is 34.4 Å². The Balaban J connectivity index is 2.61. The molecule has 27 heavy (non-hydrogen) atoms. The first-order valence-corrected chi connectivity index (χ1v) is 9.19. The molecule has 2 rings (SSSR count). The van der Waals surface area contributed by atoms with E-state index in [0.717, 1.165) is 11.3 Å². The molecule has 7 nitrogen and oxygen atoms in total. The van der Waals surface area contributed by atoms with Gasteiger partial charge in [0.05, 0.1) is 32.9 Å². The summed E-state index contributed by atoms with van der Waals surface area (Å²) in [4.78, 5) is 14.9. The van der Waals surface area contributed by atoms with Gasteiger partial charge in [0.25, 0.3) is 5.91 Å². The Bertz CT molecular complexity index is 734. The third-order valence-corrected chi connectivity index (χ3v) is 4.79. The van der Waals surface area contributed by atoms with Crippen LogP contribution in [0.3, 0.4) is 0 Å². The van der Waals surface area contributed by atoms with Gasteiger partial charge in [0.15, 0.2) is 16.6 Å². The number of nitrogens with zero attached hydrogens (tertiary/aromatic N) is 1. The van der Waals surface area contributed by atoms with Gasteiger partial charge in [-0.2, -0.15) is 0 Å². The Morgan fingerprint density at radius 3 is 2.11 bits per heavy atom. The molecule has 1 aliphatic rings. The number of carbonyl (C=O) groups is 1. The van der Waals surface area contributed by atoms with Crippen LogP contribution in [0.5, 0.6) is 17.2 Å². The van der Waals surface area contributed by atoms with Crippen LogP contribution in [0, 0.1) is 0 Å². The standard InChI is InChI=1S/C19H27N3O4S/c1-7-22(8-2)18(23)15-11(3)20-19(27)21-16(15)12-9-13(24-4)17(26-6)14(10-12)25-5/h9-10,16H,7-8H2,1-6H3,(H2,20,21,27)/t16-/m1/s1. The molecule has 0 spiro atoms. The molecule has 0 fully saturated rings. The molecule has 1 amide bonds. The lowest BCUT2D eigenvalue weighted by Crippen LogP contribution is -2.47. The maximum Gasteiger partial charge on any atom is 0.253 e. The number of benzene rings is 1. The maximum absolute atomic E-state index is 13.2. The molecule has 0 aliphatic carbocycles. The average molecular weight is 394 g/mol. The summed E-state index contributed by atoms with van der Waals surface area (Å²) in [7, 11) is 4.67. The molecule has 0 saturated carbocycles. The number of ether oxygens (including phenoxy) is 3. The zero-order chi connectivity index (χ0) is 20.1. The third kappa shape index (κ3) is 4.10. The van der Waals surface area contributed by atoms with Gasteiger partial charge in [-0.05, 0) is 50.7 Å². The van der Waals surface area contributed by atoms with Gasteiger partial charge < -0.3 is 29.7 Å². The normalized spacial score (nSPS) is 16.4. The maximum atomic E-state index is 13.2. The lowest BCUT2D eigenvalue weighted by molar-refractivity contribution is -0.127. The molecule has 8 heteroatoms. The number of thiocarbonyl (C=S) groups is 1. The van der Waals surface area contributed by atoms with E-state index in [1.165, 1.54) is 0 Å². The largest absolute Gasteiger partial charge is 0.493 e. The van der Waals surface area contributed by atoms with E-state index in [4.69, 9.17) is 26.4 Å². The van der Waals surface area contributed by atoms with Crippen LogP contribution in [0.2, 0.25) is 0 Å². The van der Waals surface area contributed by atoms with Crippen molar-refractivity contribution in [2.45, 2.75) is 26.8 Å². The van der Waals surface area contributed by atoms with Crippen molar-refractivity contribution in [1.29, 1.82) is 0 Å². The summed E-state index contributed by atoms with van der Waals surface area (Å²) in [5.41, 5.74) is 2.14. The first-order valence-electron chi connectivity index (χ1n) is 8.79. The van der Waals surface area contributed by atoms with Crippen molar-refractivity contribution in [3.05, 3.63) is 29.0 Å². The van der Waals surface area contributed by atoms with Crippen molar-refractivity contribution in [1.82, 2.24) is 15.5 Å². The fourth-order valence-corrected chi connectivity index (χ4v) is 3.45. The fraction of sp³-hybridized carbons (Fsp3) is 0.474. The minimum absolute atomic E-state index is 0.0428. The molecular formula is C19H27N3O4S. The van der Waals surface area contributed by atoms with Crippen LogP contribution >= 0.6 is 12.2 Å². The van der Waals surface area contributed by atoms with Crippen LogP contribution < -0.4 is 24.8 Å². The molecule has 0 bridgehead atoms. The molecule has 1 aliphatic heterocycles. The Kier molecular flexibility index (Phi) is 6.90. The van der Waals surface area contributed by atoms with Crippen molar-refractivity contribution in [3.63, 3.8) is 0 Å². The van der Waals surface area contributed by atoms with E-state index in [-0.39, 0.29) is 5.91 Å². The molecule has 1 heterocycles. The van der Waals surface area contributed by atoms with Crippen molar-refractivity contribution in [3.8, 4) is 17.2 Å². The van der Waals surface area contributed by atoms with Crippen molar-refractivity contribution < 1.29 is 19.0 Å². The highest BCUT2D eigenvalue weighted by atomic mass is 32.1. The van der Waals surface area contributed by atoms with Crippen molar-refractivity contribution in [2.24, 2.45) is 0 Å². The number of amides is 1. The Hall–Kier alpha value is -2.48. The zero-order valence-electron chi connectivity index (χ0n) is 16.6. The number of carbonyl (C=O) groups excluding carboxylic acids is 1. The van der Waals surface area contributed by atoms with Gasteiger partial charge >= 0.3 is 0 Å². The molecule has 1 atom stereocenters. The van der Waals surface area contributed by atoms with E-state index in [1.807, 2.05) is 32.9 Å². The fourth-order valence-electron chi connectivity index (χ4n) is 3.18. The second kappa shape index (κ2) is 8.94. The van der Waals surface area contributed by atoms with E-state index in [1.54, 1.807) is 26.2 Å².